The van der Waals surface area contributed by atoms with Crippen LogP contribution in [0.15, 0.2) is 66.5 Å². The quantitative estimate of drug-likeness (QED) is 0.285. The molecule has 8 heteroatoms. The second kappa shape index (κ2) is 10.5. The molecule has 0 saturated carbocycles. The van der Waals surface area contributed by atoms with Crippen molar-refractivity contribution in [1.82, 2.24) is 9.88 Å². The maximum Gasteiger partial charge on any atom is 0.295 e. The van der Waals surface area contributed by atoms with E-state index in [1.807, 2.05) is 13.0 Å². The fourth-order valence-corrected chi connectivity index (χ4v) is 4.38. The summed E-state index contributed by atoms with van der Waals surface area (Å²) in [6.07, 6.45) is 3.28. The van der Waals surface area contributed by atoms with Gasteiger partial charge < -0.3 is 24.2 Å². The van der Waals surface area contributed by atoms with Crippen LogP contribution in [0.4, 0.5) is 0 Å². The normalized spacial score (nSPS) is 16.8. The Balaban J connectivity index is 1.90. The SMILES string of the molecule is CCOc1ccc(C2/C(=C(/O)c3ccc(OC)cc3C)C(=O)C(=O)N2Cc2cccnc2)cc1OC. The lowest BCUT2D eigenvalue weighted by Gasteiger charge is -2.26. The number of methoxy groups -OCH3 is 2. The number of pyridine rings is 1. The Bertz CT molecular complexity index is 1320. The van der Waals surface area contributed by atoms with Crippen molar-refractivity contribution < 1.29 is 28.9 Å². The number of hydrogen-bond donors (Lipinski definition) is 1. The lowest BCUT2D eigenvalue weighted by Crippen LogP contribution is -2.29. The van der Waals surface area contributed by atoms with Gasteiger partial charge in [-0.2, -0.15) is 0 Å². The first kappa shape index (κ1) is 24.8. The average molecular weight is 489 g/mol. The molecule has 2 aromatic carbocycles. The first-order valence-electron chi connectivity index (χ1n) is 11.5. The minimum atomic E-state index is -0.851. The van der Waals surface area contributed by atoms with E-state index in [1.54, 1.807) is 68.9 Å². The topological polar surface area (TPSA) is 98.2 Å². The van der Waals surface area contributed by atoms with E-state index in [9.17, 15) is 14.7 Å². The van der Waals surface area contributed by atoms with Crippen LogP contribution >= 0.6 is 0 Å². The Morgan fingerprint density at radius 3 is 2.50 bits per heavy atom. The van der Waals surface area contributed by atoms with E-state index in [1.165, 1.54) is 12.0 Å². The number of ketones is 1. The summed E-state index contributed by atoms with van der Waals surface area (Å²) in [6.45, 7) is 4.26. The number of Topliss-reactive ketones (excluding diaryl/α,β-unsaturated/α-hetero) is 1. The van der Waals surface area contributed by atoms with Gasteiger partial charge in [0.05, 0.1) is 32.4 Å². The fourth-order valence-electron chi connectivity index (χ4n) is 4.38. The lowest BCUT2D eigenvalue weighted by atomic mass is 9.93. The zero-order chi connectivity index (χ0) is 25.8. The molecular formula is C28H28N2O6. The number of aliphatic hydroxyl groups excluding tert-OH is 1. The molecule has 1 fully saturated rings. The van der Waals surface area contributed by atoms with Crippen LogP contribution in [-0.2, 0) is 16.1 Å². The zero-order valence-corrected chi connectivity index (χ0v) is 20.6. The maximum absolute atomic E-state index is 13.4. The van der Waals surface area contributed by atoms with Gasteiger partial charge in [0.25, 0.3) is 11.7 Å². The minimum Gasteiger partial charge on any atom is -0.507 e. The molecule has 8 nitrogen and oxygen atoms in total. The van der Waals surface area contributed by atoms with E-state index in [-0.39, 0.29) is 17.9 Å². The van der Waals surface area contributed by atoms with Crippen molar-refractivity contribution in [3.63, 3.8) is 0 Å². The van der Waals surface area contributed by atoms with Crippen LogP contribution in [0, 0.1) is 6.92 Å². The van der Waals surface area contributed by atoms with Crippen molar-refractivity contribution in [3.05, 3.63) is 88.8 Å². The second-order valence-corrected chi connectivity index (χ2v) is 8.31. The summed E-state index contributed by atoms with van der Waals surface area (Å²) in [5.74, 6) is -0.0938. The minimum absolute atomic E-state index is 0.00312. The van der Waals surface area contributed by atoms with Crippen molar-refractivity contribution in [2.45, 2.75) is 26.4 Å². The van der Waals surface area contributed by atoms with E-state index in [4.69, 9.17) is 14.2 Å². The van der Waals surface area contributed by atoms with Gasteiger partial charge in [0, 0.05) is 24.5 Å². The Morgan fingerprint density at radius 2 is 1.86 bits per heavy atom. The molecule has 1 amide bonds. The monoisotopic (exact) mass is 488 g/mol. The molecule has 36 heavy (non-hydrogen) atoms. The molecule has 2 heterocycles. The van der Waals surface area contributed by atoms with E-state index in [2.05, 4.69) is 4.98 Å². The number of aromatic nitrogens is 1. The number of nitrogens with zero attached hydrogens (tertiary/aromatic N) is 2. The number of rotatable bonds is 8. The van der Waals surface area contributed by atoms with Crippen LogP contribution in [0.1, 0.15) is 35.2 Å². The van der Waals surface area contributed by atoms with Gasteiger partial charge in [-0.3, -0.25) is 14.6 Å². The molecule has 1 unspecified atom stereocenters. The summed E-state index contributed by atoms with van der Waals surface area (Å²) in [5.41, 5.74) is 2.50. The number of aliphatic hydroxyl groups is 1. The van der Waals surface area contributed by atoms with Crippen molar-refractivity contribution in [2.24, 2.45) is 0 Å². The molecule has 0 aliphatic carbocycles. The highest BCUT2D eigenvalue weighted by Gasteiger charge is 2.46. The number of carbonyl (C=O) groups excluding carboxylic acids is 2. The lowest BCUT2D eigenvalue weighted by molar-refractivity contribution is -0.140. The Morgan fingerprint density at radius 1 is 1.06 bits per heavy atom. The molecule has 1 atom stereocenters. The summed E-state index contributed by atoms with van der Waals surface area (Å²) in [5, 5.41) is 11.4. The maximum atomic E-state index is 13.4. The number of ether oxygens (including phenoxy) is 3. The first-order valence-corrected chi connectivity index (χ1v) is 11.5. The van der Waals surface area contributed by atoms with Crippen LogP contribution < -0.4 is 14.2 Å². The van der Waals surface area contributed by atoms with Crippen molar-refractivity contribution in [2.75, 3.05) is 20.8 Å². The van der Waals surface area contributed by atoms with E-state index < -0.39 is 17.7 Å². The van der Waals surface area contributed by atoms with Crippen LogP contribution in [0.5, 0.6) is 17.2 Å². The molecule has 1 aromatic heterocycles. The van der Waals surface area contributed by atoms with Crippen LogP contribution in [0.2, 0.25) is 0 Å². The number of benzene rings is 2. The van der Waals surface area contributed by atoms with Crippen molar-refractivity contribution >= 4 is 17.4 Å². The molecule has 1 aliphatic rings. The van der Waals surface area contributed by atoms with E-state index in [0.29, 0.717) is 40.5 Å². The molecule has 0 bridgehead atoms. The molecule has 0 spiro atoms. The van der Waals surface area contributed by atoms with Gasteiger partial charge in [-0.05, 0) is 66.9 Å². The highest BCUT2D eigenvalue weighted by Crippen LogP contribution is 2.43. The van der Waals surface area contributed by atoms with Gasteiger partial charge in [0.2, 0.25) is 0 Å². The number of amides is 1. The Labute approximate surface area is 209 Å². The molecule has 1 aliphatic heterocycles. The van der Waals surface area contributed by atoms with E-state index in [0.717, 1.165) is 5.56 Å². The highest BCUT2D eigenvalue weighted by molar-refractivity contribution is 6.46. The number of likely N-dealkylation sites (tertiary alicyclic amines) is 1. The summed E-state index contributed by atoms with van der Waals surface area (Å²) in [7, 11) is 3.08. The first-order chi connectivity index (χ1) is 17.4. The molecule has 1 saturated heterocycles. The van der Waals surface area contributed by atoms with Crippen LogP contribution in [0.25, 0.3) is 5.76 Å². The van der Waals surface area contributed by atoms with E-state index >= 15 is 0 Å². The summed E-state index contributed by atoms with van der Waals surface area (Å²) >= 11 is 0. The van der Waals surface area contributed by atoms with Gasteiger partial charge in [-0.25, -0.2) is 0 Å². The third-order valence-electron chi connectivity index (χ3n) is 6.11. The van der Waals surface area contributed by atoms with Gasteiger partial charge in [0.15, 0.2) is 11.5 Å². The summed E-state index contributed by atoms with van der Waals surface area (Å²) in [4.78, 5) is 32.2. The predicted octanol–water partition coefficient (Wildman–Crippen LogP) is 4.43. The molecule has 0 radical (unpaired) electrons. The Hall–Kier alpha value is -4.33. The van der Waals surface area contributed by atoms with Gasteiger partial charge in [-0.15, -0.1) is 0 Å². The average Bonchev–Trinajstić information content (AvgIpc) is 3.14. The molecule has 1 N–H and O–H groups in total. The van der Waals surface area contributed by atoms with Gasteiger partial charge >= 0.3 is 0 Å². The number of carbonyl (C=O) groups is 2. The smallest absolute Gasteiger partial charge is 0.295 e. The Kier molecular flexibility index (Phi) is 7.24. The van der Waals surface area contributed by atoms with Crippen LogP contribution in [0.3, 0.4) is 0 Å². The molecule has 186 valence electrons. The standard InChI is InChI=1S/C28H28N2O6/c1-5-36-22-11-8-19(14-23(22)35-4)25-24(26(31)21-10-9-20(34-3)13-17(21)2)27(32)28(33)30(25)16-18-7-6-12-29-15-18/h6-15,25,31H,5,16H2,1-4H3/b26-24-. The third-order valence-corrected chi connectivity index (χ3v) is 6.11. The number of hydrogen-bond acceptors (Lipinski definition) is 7. The van der Waals surface area contributed by atoms with Crippen molar-refractivity contribution in [3.8, 4) is 17.2 Å². The van der Waals surface area contributed by atoms with Gasteiger partial charge in [-0.1, -0.05) is 12.1 Å². The van der Waals surface area contributed by atoms with Crippen molar-refractivity contribution in [1.29, 1.82) is 0 Å². The molecule has 4 rings (SSSR count). The molecular weight excluding hydrogens is 460 g/mol. The van der Waals surface area contributed by atoms with Gasteiger partial charge in [0.1, 0.15) is 11.5 Å². The summed E-state index contributed by atoms with van der Waals surface area (Å²) in [6, 6.07) is 13.1. The second-order valence-electron chi connectivity index (χ2n) is 8.31. The number of aryl methyl sites for hydroxylation is 1. The summed E-state index contributed by atoms with van der Waals surface area (Å²) < 4.78 is 16.4. The molecule has 3 aromatic rings. The largest absolute Gasteiger partial charge is 0.507 e. The predicted molar refractivity (Wildman–Crippen MR) is 134 cm³/mol. The fraction of sp³-hybridized carbons (Fsp3) is 0.250. The zero-order valence-electron chi connectivity index (χ0n) is 20.6. The third kappa shape index (κ3) is 4.62. The highest BCUT2D eigenvalue weighted by atomic mass is 16.5. The van der Waals surface area contributed by atoms with Crippen LogP contribution in [-0.4, -0.2) is 47.5 Å².